The topological polar surface area (TPSA) is 85.5 Å². The summed E-state index contributed by atoms with van der Waals surface area (Å²) >= 11 is 0. The zero-order valence-electron chi connectivity index (χ0n) is 19.3. The molecule has 0 saturated carbocycles. The number of anilines is 1. The van der Waals surface area contributed by atoms with E-state index < -0.39 is 0 Å². The molecule has 1 unspecified atom stereocenters. The van der Waals surface area contributed by atoms with Crippen LogP contribution >= 0.6 is 0 Å². The molecule has 5 heterocycles. The van der Waals surface area contributed by atoms with Crippen LogP contribution in [0, 0.1) is 11.3 Å². The van der Waals surface area contributed by atoms with E-state index in [0.717, 1.165) is 70.0 Å². The lowest BCUT2D eigenvalue weighted by molar-refractivity contribution is 0.188. The van der Waals surface area contributed by atoms with Gasteiger partial charge in [-0.1, -0.05) is 6.07 Å². The molecule has 0 spiro atoms. The number of nitriles is 1. The zero-order chi connectivity index (χ0) is 23.5. The van der Waals surface area contributed by atoms with E-state index in [1.807, 2.05) is 35.0 Å². The number of imidazole rings is 1. The second-order valence-corrected chi connectivity index (χ2v) is 9.34. The summed E-state index contributed by atoms with van der Waals surface area (Å²) in [5, 5.41) is 18.6. The number of benzene rings is 2. The van der Waals surface area contributed by atoms with Gasteiger partial charge in [0.15, 0.2) is 0 Å². The number of hydrogen-bond acceptors (Lipinski definition) is 6. The summed E-state index contributed by atoms with van der Waals surface area (Å²) in [6, 6.07) is 17.0. The number of rotatable bonds is 2. The summed E-state index contributed by atoms with van der Waals surface area (Å²) in [5.41, 5.74) is 7.12. The lowest BCUT2D eigenvalue weighted by atomic mass is 9.97. The van der Waals surface area contributed by atoms with E-state index in [9.17, 15) is 5.26 Å². The molecule has 0 radical (unpaired) electrons. The maximum Gasteiger partial charge on any atom is 0.143 e. The molecule has 1 atom stereocenters. The molecule has 0 aliphatic carbocycles. The first kappa shape index (κ1) is 20.1. The number of nitrogens with one attached hydrogen (secondary N) is 1. The fourth-order valence-electron chi connectivity index (χ4n) is 5.37. The average Bonchev–Trinajstić information content (AvgIpc) is 3.53. The molecule has 35 heavy (non-hydrogen) atoms. The molecule has 1 saturated heterocycles. The smallest absolute Gasteiger partial charge is 0.143 e. The van der Waals surface area contributed by atoms with Crippen LogP contribution in [-0.4, -0.2) is 63.8 Å². The molecule has 0 bridgehead atoms. The average molecular weight is 462 g/mol. The molecule has 7 rings (SSSR count). The van der Waals surface area contributed by atoms with Gasteiger partial charge in [0.1, 0.15) is 23.7 Å². The highest BCUT2D eigenvalue weighted by Crippen LogP contribution is 2.40. The van der Waals surface area contributed by atoms with E-state index in [-0.39, 0.29) is 0 Å². The summed E-state index contributed by atoms with van der Waals surface area (Å²) < 4.78 is 8.16. The van der Waals surface area contributed by atoms with Crippen molar-refractivity contribution in [3.8, 4) is 34.2 Å². The van der Waals surface area contributed by atoms with Crippen LogP contribution in [0.5, 0.6) is 5.75 Å². The van der Waals surface area contributed by atoms with Crippen LogP contribution in [0.3, 0.4) is 0 Å². The minimum atomic E-state index is 0.387. The van der Waals surface area contributed by atoms with Gasteiger partial charge in [-0.2, -0.15) is 10.4 Å². The van der Waals surface area contributed by atoms with Crippen LogP contribution < -0.4 is 9.64 Å². The molecule has 2 aliphatic heterocycles. The molecule has 0 amide bonds. The van der Waals surface area contributed by atoms with E-state index in [2.05, 4.69) is 62.4 Å². The maximum absolute atomic E-state index is 9.85. The minimum Gasteiger partial charge on any atom is -0.489 e. The van der Waals surface area contributed by atoms with Gasteiger partial charge in [-0.05, 0) is 49.0 Å². The second-order valence-electron chi connectivity index (χ2n) is 9.34. The van der Waals surface area contributed by atoms with Crippen LogP contribution in [0.2, 0.25) is 0 Å². The third kappa shape index (κ3) is 3.16. The molecule has 8 heteroatoms. The summed E-state index contributed by atoms with van der Waals surface area (Å²) in [6.07, 6.45) is 5.68. The highest BCUT2D eigenvalue weighted by molar-refractivity contribution is 5.98. The Bertz CT molecular complexity index is 1640. The number of ether oxygens (including phenoxy) is 1. The third-order valence-corrected chi connectivity index (χ3v) is 7.18. The largest absolute Gasteiger partial charge is 0.489 e. The van der Waals surface area contributed by atoms with E-state index in [4.69, 9.17) is 4.74 Å². The molecule has 2 aromatic carbocycles. The van der Waals surface area contributed by atoms with Crippen LogP contribution in [0.1, 0.15) is 5.56 Å². The third-order valence-electron chi connectivity index (χ3n) is 7.18. The highest BCUT2D eigenvalue weighted by Gasteiger charge is 2.32. The zero-order valence-corrected chi connectivity index (χ0v) is 19.3. The summed E-state index contributed by atoms with van der Waals surface area (Å²) in [6.45, 7) is 3.76. The molecular formula is C27H23N7O. The van der Waals surface area contributed by atoms with Gasteiger partial charge in [-0.3, -0.25) is 5.10 Å². The van der Waals surface area contributed by atoms with E-state index >= 15 is 0 Å². The molecule has 1 fully saturated rings. The summed E-state index contributed by atoms with van der Waals surface area (Å²) in [7, 11) is 2.16. The summed E-state index contributed by atoms with van der Waals surface area (Å²) in [4.78, 5) is 9.15. The molecule has 5 aromatic rings. The van der Waals surface area contributed by atoms with E-state index in [1.165, 1.54) is 0 Å². The Morgan fingerprint density at radius 1 is 1.11 bits per heavy atom. The van der Waals surface area contributed by atoms with Gasteiger partial charge in [0.2, 0.25) is 0 Å². The van der Waals surface area contributed by atoms with Crippen molar-refractivity contribution in [2.75, 3.05) is 38.2 Å². The van der Waals surface area contributed by atoms with E-state index in [0.29, 0.717) is 18.2 Å². The molecule has 3 aromatic heterocycles. The Morgan fingerprint density at radius 3 is 2.94 bits per heavy atom. The quantitative estimate of drug-likeness (QED) is 0.429. The van der Waals surface area contributed by atoms with Gasteiger partial charge in [0.25, 0.3) is 0 Å². The lowest BCUT2D eigenvalue weighted by Crippen LogP contribution is -2.56. The standard InChI is InChI=1S/C27H23N7O/c1-32-8-9-34-20(15-32)16-35-25-11-17(2-4-24(25)34)27-22-12-21(19(13-28)10-23(22)30-31-27)18-3-5-26-29-6-7-33(26)14-18/h2-7,10-12,14,20H,8-9,15-16H2,1H3,(H,30,31). The number of nitrogens with zero attached hydrogens (tertiary/aromatic N) is 6. The van der Waals surface area contributed by atoms with Gasteiger partial charge < -0.3 is 18.9 Å². The number of hydrogen-bond donors (Lipinski definition) is 1. The Balaban J connectivity index is 1.32. The predicted octanol–water partition coefficient (Wildman–Crippen LogP) is 3.93. The van der Waals surface area contributed by atoms with Gasteiger partial charge in [-0.15, -0.1) is 0 Å². The number of likely N-dealkylation sites (N-methyl/N-ethyl adjacent to an activating group) is 1. The highest BCUT2D eigenvalue weighted by atomic mass is 16.5. The normalized spacial score (nSPS) is 17.7. The Labute approximate surface area is 202 Å². The van der Waals surface area contributed by atoms with Gasteiger partial charge in [0.05, 0.1) is 28.9 Å². The van der Waals surface area contributed by atoms with Crippen molar-refractivity contribution in [2.45, 2.75) is 6.04 Å². The molecular weight excluding hydrogens is 438 g/mol. The monoisotopic (exact) mass is 461 g/mol. The van der Waals surface area contributed by atoms with Gasteiger partial charge in [-0.25, -0.2) is 4.98 Å². The molecule has 8 nitrogen and oxygen atoms in total. The number of fused-ring (bicyclic) bond motifs is 5. The Kier molecular flexibility index (Phi) is 4.35. The second kappa shape index (κ2) is 7.58. The SMILES string of the molecule is CN1CCN2c3ccc(-c4n[nH]c5cc(C#N)c(-c6ccc7nccn7c6)cc45)cc3OCC2C1. The number of pyridine rings is 1. The number of H-pyrrole nitrogens is 1. The van der Waals surface area contributed by atoms with Crippen molar-refractivity contribution in [3.63, 3.8) is 0 Å². The predicted molar refractivity (Wildman–Crippen MR) is 135 cm³/mol. The van der Waals surface area contributed by atoms with Crippen molar-refractivity contribution < 1.29 is 4.74 Å². The minimum absolute atomic E-state index is 0.387. The first-order valence-electron chi connectivity index (χ1n) is 11.8. The van der Waals surface area contributed by atoms with Gasteiger partial charge in [0, 0.05) is 54.7 Å². The lowest BCUT2D eigenvalue weighted by Gasteiger charge is -2.44. The van der Waals surface area contributed by atoms with Gasteiger partial charge >= 0.3 is 0 Å². The van der Waals surface area contributed by atoms with Crippen molar-refractivity contribution in [1.82, 2.24) is 24.5 Å². The summed E-state index contributed by atoms with van der Waals surface area (Å²) in [5.74, 6) is 0.902. The Hall–Kier alpha value is -4.35. The first-order valence-corrected chi connectivity index (χ1v) is 11.8. The van der Waals surface area contributed by atoms with Crippen molar-refractivity contribution in [2.24, 2.45) is 0 Å². The van der Waals surface area contributed by atoms with Crippen LogP contribution in [0.4, 0.5) is 5.69 Å². The van der Waals surface area contributed by atoms with Crippen molar-refractivity contribution >= 4 is 22.2 Å². The van der Waals surface area contributed by atoms with E-state index in [1.54, 1.807) is 6.20 Å². The van der Waals surface area contributed by atoms with Crippen LogP contribution in [0.25, 0.3) is 38.9 Å². The Morgan fingerprint density at radius 2 is 2.03 bits per heavy atom. The molecule has 2 aliphatic rings. The van der Waals surface area contributed by atoms with Crippen molar-refractivity contribution in [3.05, 3.63) is 66.6 Å². The number of piperazine rings is 1. The maximum atomic E-state index is 9.85. The molecule has 172 valence electrons. The number of aromatic nitrogens is 4. The number of aromatic amines is 1. The molecule has 1 N–H and O–H groups in total. The fourth-order valence-corrected chi connectivity index (χ4v) is 5.37. The first-order chi connectivity index (χ1) is 17.2. The van der Waals surface area contributed by atoms with Crippen LogP contribution in [-0.2, 0) is 0 Å². The van der Waals surface area contributed by atoms with Crippen molar-refractivity contribution in [1.29, 1.82) is 5.26 Å². The fraction of sp³-hybridized carbons (Fsp3) is 0.222. The van der Waals surface area contributed by atoms with Crippen LogP contribution in [0.15, 0.2) is 61.1 Å².